The van der Waals surface area contributed by atoms with Gasteiger partial charge < -0.3 is 9.15 Å². The number of esters is 1. The van der Waals surface area contributed by atoms with Crippen LogP contribution in [0.15, 0.2) is 82.4 Å². The van der Waals surface area contributed by atoms with E-state index in [9.17, 15) is 4.79 Å². The molecule has 0 saturated carbocycles. The number of aryl methyl sites for hydroxylation is 2. The molecular weight excluding hydrogens is 506 g/mol. The third-order valence-corrected chi connectivity index (χ3v) is 7.47. The lowest BCUT2D eigenvalue weighted by Gasteiger charge is -2.28. The minimum Gasteiger partial charge on any atom is -0.468 e. The molecule has 2 aromatic heterocycles. The number of benzene rings is 2. The fourth-order valence-corrected chi connectivity index (χ4v) is 5.24. The maximum absolute atomic E-state index is 12.7. The minimum atomic E-state index is -0.687. The Kier molecular flexibility index (Phi) is 8.72. The molecule has 0 unspecified atom stereocenters. The summed E-state index contributed by atoms with van der Waals surface area (Å²) in [6.07, 6.45) is 3.81. The van der Waals surface area contributed by atoms with Crippen molar-refractivity contribution in [1.29, 1.82) is 0 Å². The highest BCUT2D eigenvalue weighted by Crippen LogP contribution is 2.35. The lowest BCUT2D eigenvalue weighted by Crippen LogP contribution is -2.36. The van der Waals surface area contributed by atoms with E-state index in [4.69, 9.17) is 14.3 Å². The molecule has 0 atom stereocenters. The Morgan fingerprint density at radius 3 is 2.28 bits per heavy atom. The minimum absolute atomic E-state index is 0.214. The van der Waals surface area contributed by atoms with Crippen LogP contribution in [0.25, 0.3) is 5.69 Å². The van der Waals surface area contributed by atoms with Crippen molar-refractivity contribution in [1.82, 2.24) is 14.7 Å². The van der Waals surface area contributed by atoms with Crippen molar-refractivity contribution in [3.05, 3.63) is 101 Å². The number of furan rings is 1. The molecular formula is C32H39N3O3S. The number of hydrogen-bond donors (Lipinski definition) is 0. The molecule has 4 rings (SSSR count). The first-order valence-corrected chi connectivity index (χ1v) is 14.1. The van der Waals surface area contributed by atoms with Crippen molar-refractivity contribution in [3.8, 4) is 5.69 Å². The van der Waals surface area contributed by atoms with Crippen LogP contribution < -0.4 is 0 Å². The molecule has 39 heavy (non-hydrogen) atoms. The maximum Gasteiger partial charge on any atom is 0.322 e. The van der Waals surface area contributed by atoms with Crippen LogP contribution in [0.1, 0.15) is 62.8 Å². The van der Waals surface area contributed by atoms with Crippen molar-refractivity contribution < 1.29 is 13.9 Å². The summed E-state index contributed by atoms with van der Waals surface area (Å²) >= 11 is 1.52. The van der Waals surface area contributed by atoms with Crippen molar-refractivity contribution in [2.75, 3.05) is 0 Å². The van der Waals surface area contributed by atoms with E-state index in [1.807, 2.05) is 63.6 Å². The van der Waals surface area contributed by atoms with Gasteiger partial charge in [-0.25, -0.2) is 4.68 Å². The molecule has 4 aromatic rings. The monoisotopic (exact) mass is 545 g/mol. The van der Waals surface area contributed by atoms with Crippen LogP contribution in [0, 0.1) is 13.8 Å². The number of carbonyl (C=O) groups is 1. The van der Waals surface area contributed by atoms with Gasteiger partial charge in [-0.05, 0) is 95.5 Å². The predicted molar refractivity (Wildman–Crippen MR) is 157 cm³/mol. The summed E-state index contributed by atoms with van der Waals surface area (Å²) < 4.78 is 12.6. The molecule has 0 fully saturated rings. The predicted octanol–water partition coefficient (Wildman–Crippen LogP) is 7.50. The van der Waals surface area contributed by atoms with E-state index in [1.165, 1.54) is 22.9 Å². The second-order valence-electron chi connectivity index (χ2n) is 11.5. The van der Waals surface area contributed by atoms with Gasteiger partial charge in [-0.15, -0.1) is 11.8 Å². The van der Waals surface area contributed by atoms with Crippen LogP contribution in [0.3, 0.4) is 0 Å². The largest absolute Gasteiger partial charge is 0.468 e. The quantitative estimate of drug-likeness (QED) is 0.152. The van der Waals surface area contributed by atoms with Gasteiger partial charge in [0, 0.05) is 24.2 Å². The van der Waals surface area contributed by atoms with Gasteiger partial charge in [-0.1, -0.05) is 30.3 Å². The van der Waals surface area contributed by atoms with Gasteiger partial charge in [0.15, 0.2) is 0 Å². The third-order valence-electron chi connectivity index (χ3n) is 6.29. The molecule has 206 valence electrons. The smallest absolute Gasteiger partial charge is 0.322 e. The number of para-hydroxylation sites is 1. The zero-order valence-electron chi connectivity index (χ0n) is 24.0. The van der Waals surface area contributed by atoms with Gasteiger partial charge in [-0.2, -0.15) is 5.10 Å². The van der Waals surface area contributed by atoms with Gasteiger partial charge >= 0.3 is 5.97 Å². The van der Waals surface area contributed by atoms with Crippen LogP contribution >= 0.6 is 11.8 Å². The highest BCUT2D eigenvalue weighted by Gasteiger charge is 2.33. The summed E-state index contributed by atoms with van der Waals surface area (Å²) in [6, 6.07) is 20.6. The number of rotatable bonds is 10. The Morgan fingerprint density at radius 2 is 1.64 bits per heavy atom. The lowest BCUT2D eigenvalue weighted by molar-refractivity contribution is -0.156. The van der Waals surface area contributed by atoms with E-state index in [2.05, 4.69) is 61.3 Å². The number of hydrogen-bond acceptors (Lipinski definition) is 6. The molecule has 0 aliphatic carbocycles. The second-order valence-corrected chi connectivity index (χ2v) is 13.2. The molecule has 0 aliphatic rings. The maximum atomic E-state index is 12.7. The topological polar surface area (TPSA) is 60.5 Å². The third kappa shape index (κ3) is 7.87. The summed E-state index contributed by atoms with van der Waals surface area (Å²) in [6.45, 7) is 15.8. The Labute approximate surface area is 236 Å². The molecule has 0 amide bonds. The fourth-order valence-electron chi connectivity index (χ4n) is 4.26. The molecule has 2 heterocycles. The lowest BCUT2D eigenvalue weighted by atomic mass is 10.1. The first-order chi connectivity index (χ1) is 18.4. The van der Waals surface area contributed by atoms with Gasteiger partial charge in [0.1, 0.15) is 16.1 Å². The van der Waals surface area contributed by atoms with E-state index in [1.54, 1.807) is 6.26 Å². The molecule has 0 bridgehead atoms. The molecule has 0 saturated heterocycles. The Balaban J connectivity index is 1.49. The first-order valence-electron chi connectivity index (χ1n) is 13.3. The molecule has 0 aliphatic heterocycles. The van der Waals surface area contributed by atoms with Crippen LogP contribution in [-0.2, 0) is 29.2 Å². The van der Waals surface area contributed by atoms with Gasteiger partial charge in [-0.3, -0.25) is 9.69 Å². The van der Waals surface area contributed by atoms with Crippen molar-refractivity contribution in [3.63, 3.8) is 0 Å². The molecule has 0 spiro atoms. The zero-order valence-corrected chi connectivity index (χ0v) is 24.8. The summed E-state index contributed by atoms with van der Waals surface area (Å²) in [5.41, 5.74) is 5.13. The van der Waals surface area contributed by atoms with E-state index >= 15 is 0 Å². The highest BCUT2D eigenvalue weighted by molar-refractivity contribution is 8.01. The average Bonchev–Trinajstić information content (AvgIpc) is 3.49. The number of ether oxygens (including phenoxy) is 1. The van der Waals surface area contributed by atoms with Gasteiger partial charge in [0.2, 0.25) is 0 Å². The van der Waals surface area contributed by atoms with E-state index in [-0.39, 0.29) is 5.97 Å². The first kappa shape index (κ1) is 28.7. The summed E-state index contributed by atoms with van der Waals surface area (Å²) in [7, 11) is 0. The zero-order chi connectivity index (χ0) is 28.2. The van der Waals surface area contributed by atoms with Crippen LogP contribution in [0.4, 0.5) is 0 Å². The molecule has 2 aromatic carbocycles. The molecule has 0 radical (unpaired) electrons. The number of thioether (sulfide) groups is 1. The fraction of sp³-hybridized carbons (Fsp3) is 0.375. The van der Waals surface area contributed by atoms with Crippen molar-refractivity contribution in [2.24, 2.45) is 0 Å². The van der Waals surface area contributed by atoms with E-state index in [0.717, 1.165) is 34.1 Å². The molecule has 7 heteroatoms. The number of carbonyl (C=O) groups excluding carboxylic acids is 1. The second kappa shape index (κ2) is 11.8. The molecule has 0 N–H and O–H groups in total. The van der Waals surface area contributed by atoms with Crippen LogP contribution in [-0.4, -0.2) is 31.0 Å². The Bertz CT molecular complexity index is 1380. The van der Waals surface area contributed by atoms with E-state index < -0.39 is 10.3 Å². The van der Waals surface area contributed by atoms with Gasteiger partial charge in [0.25, 0.3) is 0 Å². The Hall–Kier alpha value is -3.29. The van der Waals surface area contributed by atoms with E-state index in [0.29, 0.717) is 13.1 Å². The van der Waals surface area contributed by atoms with Crippen LogP contribution in [0.2, 0.25) is 0 Å². The normalized spacial score (nSPS) is 12.2. The number of nitrogens with zero attached hydrogens (tertiary/aromatic N) is 3. The molecule has 6 nitrogen and oxygen atoms in total. The van der Waals surface area contributed by atoms with Crippen LogP contribution in [0.5, 0.6) is 0 Å². The Morgan fingerprint density at radius 1 is 0.923 bits per heavy atom. The summed E-state index contributed by atoms with van der Waals surface area (Å²) in [4.78, 5) is 16.1. The standard InChI is InChI=1S/C32H39N3O3S/c1-23-11-8-9-13-29(23)35-19-24(2)28(33-35)22-34(21-26-12-10-18-37-26)20-25-14-16-27(17-15-25)39-32(6,7)30(36)38-31(3,4)5/h8-19H,20-22H2,1-7H3. The SMILES string of the molecule is Cc1ccccc1-n1cc(C)c(CN(Cc2ccc(SC(C)(C)C(=O)OC(C)(C)C)cc2)Cc2ccco2)n1. The van der Waals surface area contributed by atoms with Crippen molar-refractivity contribution >= 4 is 17.7 Å². The number of aromatic nitrogens is 2. The van der Waals surface area contributed by atoms with Crippen molar-refractivity contribution in [2.45, 2.75) is 83.3 Å². The summed E-state index contributed by atoms with van der Waals surface area (Å²) in [5.74, 6) is 0.700. The summed E-state index contributed by atoms with van der Waals surface area (Å²) in [5, 5.41) is 4.94. The van der Waals surface area contributed by atoms with Gasteiger partial charge in [0.05, 0.1) is 24.2 Å². The highest BCUT2D eigenvalue weighted by atomic mass is 32.2. The average molecular weight is 546 g/mol.